The van der Waals surface area contributed by atoms with E-state index in [-0.39, 0.29) is 11.5 Å². The van der Waals surface area contributed by atoms with Gasteiger partial charge in [-0.25, -0.2) is 17.8 Å². The van der Waals surface area contributed by atoms with Gasteiger partial charge in [0.05, 0.1) is 18.0 Å². The lowest BCUT2D eigenvalue weighted by Crippen LogP contribution is -2.24. The number of nitrogens with zero attached hydrogens (tertiary/aromatic N) is 1. The summed E-state index contributed by atoms with van der Waals surface area (Å²) < 4.78 is 77.8. The highest BCUT2D eigenvalue weighted by molar-refractivity contribution is 7.92. The summed E-state index contributed by atoms with van der Waals surface area (Å²) in [5.74, 6) is -1.36. The molecular formula is C22H26F4N4O3S. The summed E-state index contributed by atoms with van der Waals surface area (Å²) in [7, 11) is -3.65. The van der Waals surface area contributed by atoms with E-state index in [1.807, 2.05) is 11.6 Å². The lowest BCUT2D eigenvalue weighted by atomic mass is 10.1. The van der Waals surface area contributed by atoms with Crippen LogP contribution in [-0.2, 0) is 21.0 Å². The van der Waals surface area contributed by atoms with Gasteiger partial charge < -0.3 is 10.6 Å². The zero-order chi connectivity index (χ0) is 25.5. The molecule has 2 aromatic rings. The molecule has 2 rings (SSSR count). The molecule has 0 saturated heterocycles. The van der Waals surface area contributed by atoms with Gasteiger partial charge in [-0.2, -0.15) is 13.2 Å². The number of pyridine rings is 1. The monoisotopic (exact) mass is 502 g/mol. The van der Waals surface area contributed by atoms with Crippen LogP contribution in [0.25, 0.3) is 6.08 Å². The maximum Gasteiger partial charge on any atom is 0.433 e. The third kappa shape index (κ3) is 8.32. The Morgan fingerprint density at radius 1 is 1.21 bits per heavy atom. The normalized spacial score (nSPS) is 13.0. The van der Waals surface area contributed by atoms with Gasteiger partial charge in [0.25, 0.3) is 0 Å². The number of hydrogen-bond acceptors (Lipinski definition) is 5. The van der Waals surface area contributed by atoms with Crippen molar-refractivity contribution in [1.82, 2.24) is 10.3 Å². The first-order chi connectivity index (χ1) is 15.8. The number of benzene rings is 1. The second-order valence-electron chi connectivity index (χ2n) is 7.59. The van der Waals surface area contributed by atoms with Crippen molar-refractivity contribution in [3.63, 3.8) is 0 Å². The third-order valence-corrected chi connectivity index (χ3v) is 5.19. The number of alkyl halides is 3. The van der Waals surface area contributed by atoms with Crippen molar-refractivity contribution < 1.29 is 30.8 Å². The van der Waals surface area contributed by atoms with Crippen molar-refractivity contribution in [2.45, 2.75) is 38.9 Å². The van der Waals surface area contributed by atoms with Crippen molar-refractivity contribution in [2.24, 2.45) is 0 Å². The molecule has 1 heterocycles. The van der Waals surface area contributed by atoms with Gasteiger partial charge in [0, 0.05) is 18.2 Å². The molecule has 0 aliphatic heterocycles. The van der Waals surface area contributed by atoms with Crippen LogP contribution >= 0.6 is 0 Å². The number of carbonyl (C=O) groups excluding carboxylic acids is 1. The van der Waals surface area contributed by atoms with E-state index in [1.54, 1.807) is 6.92 Å². The van der Waals surface area contributed by atoms with Gasteiger partial charge in [-0.3, -0.25) is 9.52 Å². The van der Waals surface area contributed by atoms with Gasteiger partial charge >= 0.3 is 6.18 Å². The fourth-order valence-electron chi connectivity index (χ4n) is 2.88. The quantitative estimate of drug-likeness (QED) is 0.248. The minimum atomic E-state index is -4.60. The standard InChI is InChI=1S/C22H26F4N4O3S/c1-4-5-12-27-21-15(7-10-19(29-21)22(24,25)26)8-11-20(31)28-14(2)16-6-9-18(17(23)13-16)30-34(3,32)33/h6-11,13-14,30H,4-5,12H2,1-3H3,(H,27,29)(H,28,31)/b11-8+/t14-/m1/s1. The number of hydrogen-bond donors (Lipinski definition) is 3. The first kappa shape index (κ1) is 27.1. The topological polar surface area (TPSA) is 100 Å². The molecule has 0 spiro atoms. The van der Waals surface area contributed by atoms with E-state index < -0.39 is 39.7 Å². The Balaban J connectivity index is 2.13. The Kier molecular flexibility index (Phi) is 9.02. The van der Waals surface area contributed by atoms with Crippen LogP contribution in [0.5, 0.6) is 0 Å². The Labute approximate surface area is 195 Å². The number of carbonyl (C=O) groups is 1. The van der Waals surface area contributed by atoms with E-state index in [4.69, 9.17) is 0 Å². The van der Waals surface area contributed by atoms with E-state index in [1.165, 1.54) is 24.3 Å². The molecule has 0 unspecified atom stereocenters. The van der Waals surface area contributed by atoms with Crippen molar-refractivity contribution in [2.75, 3.05) is 22.8 Å². The number of rotatable bonds is 10. The average Bonchev–Trinajstić information content (AvgIpc) is 2.72. The molecule has 0 radical (unpaired) electrons. The maximum absolute atomic E-state index is 14.2. The van der Waals surface area contributed by atoms with Crippen molar-refractivity contribution in [1.29, 1.82) is 0 Å². The van der Waals surface area contributed by atoms with Crippen LogP contribution in [-0.4, -0.2) is 32.1 Å². The van der Waals surface area contributed by atoms with Crippen LogP contribution in [0.3, 0.4) is 0 Å². The van der Waals surface area contributed by atoms with Crippen LogP contribution < -0.4 is 15.4 Å². The number of anilines is 2. The molecule has 1 atom stereocenters. The highest BCUT2D eigenvalue weighted by Gasteiger charge is 2.33. The summed E-state index contributed by atoms with van der Waals surface area (Å²) in [4.78, 5) is 16.0. The Bertz CT molecular complexity index is 1150. The zero-order valence-corrected chi connectivity index (χ0v) is 19.6. The lowest BCUT2D eigenvalue weighted by Gasteiger charge is -2.15. The fraction of sp³-hybridized carbons (Fsp3) is 0.364. The first-order valence-electron chi connectivity index (χ1n) is 10.4. The first-order valence-corrected chi connectivity index (χ1v) is 12.3. The molecule has 12 heteroatoms. The molecule has 0 bridgehead atoms. The number of amides is 1. The van der Waals surface area contributed by atoms with Crippen LogP contribution in [0.1, 0.15) is 49.6 Å². The number of sulfonamides is 1. The predicted octanol–water partition coefficient (Wildman–Crippen LogP) is 4.71. The minimum absolute atomic E-state index is 0.0106. The molecule has 186 valence electrons. The summed E-state index contributed by atoms with van der Waals surface area (Å²) in [5.41, 5.74) is -0.578. The molecule has 1 aromatic carbocycles. The van der Waals surface area contributed by atoms with Gasteiger partial charge in [-0.05, 0) is 49.2 Å². The molecule has 0 aliphatic rings. The highest BCUT2D eigenvalue weighted by atomic mass is 32.2. The third-order valence-electron chi connectivity index (χ3n) is 4.60. The molecular weight excluding hydrogens is 476 g/mol. The molecule has 1 aromatic heterocycles. The van der Waals surface area contributed by atoms with E-state index >= 15 is 0 Å². The van der Waals surface area contributed by atoms with Gasteiger partial charge in [0.15, 0.2) is 0 Å². The summed E-state index contributed by atoms with van der Waals surface area (Å²) >= 11 is 0. The fourth-order valence-corrected chi connectivity index (χ4v) is 3.45. The molecule has 0 fully saturated rings. The Morgan fingerprint density at radius 2 is 1.91 bits per heavy atom. The number of nitrogens with one attached hydrogen (secondary N) is 3. The van der Waals surface area contributed by atoms with E-state index in [2.05, 4.69) is 15.6 Å². The second-order valence-corrected chi connectivity index (χ2v) is 9.34. The van der Waals surface area contributed by atoms with E-state index in [9.17, 15) is 30.8 Å². The molecule has 1 amide bonds. The summed E-state index contributed by atoms with van der Waals surface area (Å²) in [5, 5.41) is 5.48. The highest BCUT2D eigenvalue weighted by Crippen LogP contribution is 2.30. The largest absolute Gasteiger partial charge is 0.433 e. The summed E-state index contributed by atoms with van der Waals surface area (Å²) in [6, 6.07) is 5.22. The van der Waals surface area contributed by atoms with Gasteiger partial charge in [0.2, 0.25) is 15.9 Å². The number of aromatic nitrogens is 1. The predicted molar refractivity (Wildman–Crippen MR) is 123 cm³/mol. The number of unbranched alkanes of at least 4 members (excludes halogenated alkanes) is 1. The summed E-state index contributed by atoms with van der Waals surface area (Å²) in [6.07, 6.45) is 0.340. The molecule has 7 nitrogen and oxygen atoms in total. The maximum atomic E-state index is 14.2. The van der Waals surface area contributed by atoms with Crippen molar-refractivity contribution >= 4 is 33.5 Å². The average molecular weight is 503 g/mol. The minimum Gasteiger partial charge on any atom is -0.370 e. The van der Waals surface area contributed by atoms with Crippen LogP contribution in [0.15, 0.2) is 36.4 Å². The molecule has 0 aliphatic carbocycles. The zero-order valence-electron chi connectivity index (χ0n) is 18.8. The molecule has 34 heavy (non-hydrogen) atoms. The lowest BCUT2D eigenvalue weighted by molar-refractivity contribution is -0.141. The summed E-state index contributed by atoms with van der Waals surface area (Å²) in [6.45, 7) is 3.96. The molecule has 0 saturated carbocycles. The number of halogens is 4. The smallest absolute Gasteiger partial charge is 0.370 e. The Morgan fingerprint density at radius 3 is 2.50 bits per heavy atom. The Hall–Kier alpha value is -3.15. The van der Waals surface area contributed by atoms with Crippen LogP contribution in [0.4, 0.5) is 29.1 Å². The van der Waals surface area contributed by atoms with Crippen LogP contribution in [0, 0.1) is 5.82 Å². The van der Waals surface area contributed by atoms with E-state index in [0.29, 0.717) is 17.7 Å². The van der Waals surface area contributed by atoms with Crippen LogP contribution in [0.2, 0.25) is 0 Å². The second kappa shape index (κ2) is 11.3. The van der Waals surface area contributed by atoms with Gasteiger partial charge in [0.1, 0.15) is 17.3 Å². The molecule has 3 N–H and O–H groups in total. The van der Waals surface area contributed by atoms with Crippen molar-refractivity contribution in [3.05, 3.63) is 59.0 Å². The SMILES string of the molecule is CCCCNc1nc(C(F)(F)F)ccc1/C=C/C(=O)N[C@H](C)c1ccc(NS(C)(=O)=O)c(F)c1. The van der Waals surface area contributed by atoms with E-state index in [0.717, 1.165) is 37.3 Å². The van der Waals surface area contributed by atoms with Gasteiger partial charge in [-0.15, -0.1) is 0 Å². The van der Waals surface area contributed by atoms with Crippen molar-refractivity contribution in [3.8, 4) is 0 Å². The van der Waals surface area contributed by atoms with Gasteiger partial charge in [-0.1, -0.05) is 19.4 Å².